The maximum absolute atomic E-state index is 6.17. The molecule has 17 heavy (non-hydrogen) atoms. The Labute approximate surface area is 103 Å². The van der Waals surface area contributed by atoms with Gasteiger partial charge in [-0.3, -0.25) is 5.10 Å². The summed E-state index contributed by atoms with van der Waals surface area (Å²) in [6, 6.07) is 1.66. The SMILES string of the molecule is Cc1n[nH]c(C)c1N1C2CCCC1CC(N)C2. The molecule has 3 N–H and O–H groups in total. The van der Waals surface area contributed by atoms with Crippen LogP contribution in [0.4, 0.5) is 5.69 Å². The Balaban J connectivity index is 1.97. The van der Waals surface area contributed by atoms with Crippen LogP contribution >= 0.6 is 0 Å². The van der Waals surface area contributed by atoms with E-state index in [1.165, 1.54) is 30.6 Å². The van der Waals surface area contributed by atoms with E-state index in [4.69, 9.17) is 5.73 Å². The van der Waals surface area contributed by atoms with Crippen LogP contribution in [0, 0.1) is 13.8 Å². The van der Waals surface area contributed by atoms with Crippen LogP contribution in [0.5, 0.6) is 0 Å². The van der Waals surface area contributed by atoms with Crippen LogP contribution in [0.3, 0.4) is 0 Å². The molecule has 2 atom stereocenters. The molecule has 1 aromatic rings. The van der Waals surface area contributed by atoms with Gasteiger partial charge in [-0.2, -0.15) is 5.10 Å². The number of nitrogens with one attached hydrogen (secondary N) is 1. The van der Waals surface area contributed by atoms with Crippen LogP contribution in [0.25, 0.3) is 0 Å². The number of nitrogens with two attached hydrogens (primary N) is 1. The molecule has 0 amide bonds. The number of aryl methyl sites for hydroxylation is 2. The molecule has 0 saturated carbocycles. The van der Waals surface area contributed by atoms with Crippen molar-refractivity contribution in [3.05, 3.63) is 11.4 Å². The molecule has 2 fully saturated rings. The highest BCUT2D eigenvalue weighted by molar-refractivity contribution is 5.56. The van der Waals surface area contributed by atoms with Gasteiger partial charge < -0.3 is 10.6 Å². The van der Waals surface area contributed by atoms with Crippen molar-refractivity contribution in [2.75, 3.05) is 4.90 Å². The Hall–Kier alpha value is -1.03. The van der Waals surface area contributed by atoms with E-state index >= 15 is 0 Å². The third-order valence-corrected chi connectivity index (χ3v) is 4.36. The van der Waals surface area contributed by atoms with E-state index in [0.717, 1.165) is 18.5 Å². The van der Waals surface area contributed by atoms with Crippen molar-refractivity contribution >= 4 is 5.69 Å². The summed E-state index contributed by atoms with van der Waals surface area (Å²) in [6.45, 7) is 4.22. The molecule has 2 aliphatic rings. The Kier molecular flexibility index (Phi) is 2.62. The first-order chi connectivity index (χ1) is 8.16. The van der Waals surface area contributed by atoms with E-state index in [0.29, 0.717) is 18.1 Å². The van der Waals surface area contributed by atoms with Crippen molar-refractivity contribution in [3.8, 4) is 0 Å². The number of hydrogen-bond acceptors (Lipinski definition) is 3. The average molecular weight is 234 g/mol. The fourth-order valence-corrected chi connectivity index (χ4v) is 3.71. The van der Waals surface area contributed by atoms with E-state index in [2.05, 4.69) is 28.9 Å². The smallest absolute Gasteiger partial charge is 0.0827 e. The summed E-state index contributed by atoms with van der Waals surface area (Å²) < 4.78 is 0. The van der Waals surface area contributed by atoms with E-state index in [9.17, 15) is 0 Å². The highest BCUT2D eigenvalue weighted by Gasteiger charge is 2.38. The molecule has 0 aliphatic carbocycles. The number of H-pyrrole nitrogens is 1. The molecule has 2 bridgehead atoms. The number of aromatic nitrogens is 2. The van der Waals surface area contributed by atoms with Gasteiger partial charge in [0.25, 0.3) is 0 Å². The monoisotopic (exact) mass is 234 g/mol. The summed E-state index contributed by atoms with van der Waals surface area (Å²) in [5.41, 5.74) is 9.84. The van der Waals surface area contributed by atoms with Gasteiger partial charge in [-0.15, -0.1) is 0 Å². The number of nitrogens with zero attached hydrogens (tertiary/aromatic N) is 2. The fourth-order valence-electron chi connectivity index (χ4n) is 3.71. The summed E-state index contributed by atoms with van der Waals surface area (Å²) >= 11 is 0. The topological polar surface area (TPSA) is 57.9 Å². The lowest BCUT2D eigenvalue weighted by Gasteiger charge is -2.49. The van der Waals surface area contributed by atoms with Crippen LogP contribution < -0.4 is 10.6 Å². The zero-order valence-electron chi connectivity index (χ0n) is 10.7. The Bertz CT molecular complexity index is 378. The molecule has 2 saturated heterocycles. The van der Waals surface area contributed by atoms with Crippen molar-refractivity contribution < 1.29 is 0 Å². The van der Waals surface area contributed by atoms with Crippen molar-refractivity contribution in [2.45, 2.75) is 64.1 Å². The lowest BCUT2D eigenvalue weighted by atomic mass is 9.81. The minimum absolute atomic E-state index is 0.397. The third kappa shape index (κ3) is 1.75. The van der Waals surface area contributed by atoms with E-state index in [1.54, 1.807) is 0 Å². The second-order valence-electron chi connectivity index (χ2n) is 5.66. The maximum atomic E-state index is 6.17. The van der Waals surface area contributed by atoms with Crippen molar-refractivity contribution in [1.29, 1.82) is 0 Å². The molecule has 4 heteroatoms. The molecule has 94 valence electrons. The highest BCUT2D eigenvalue weighted by Crippen LogP contribution is 2.39. The summed E-state index contributed by atoms with van der Waals surface area (Å²) in [5, 5.41) is 7.45. The van der Waals surface area contributed by atoms with Gasteiger partial charge in [0.05, 0.1) is 17.1 Å². The minimum atomic E-state index is 0.397. The van der Waals surface area contributed by atoms with Crippen LogP contribution in [-0.2, 0) is 0 Å². The van der Waals surface area contributed by atoms with Gasteiger partial charge in [0.2, 0.25) is 0 Å². The summed E-state index contributed by atoms with van der Waals surface area (Å²) in [5.74, 6) is 0. The molecule has 4 nitrogen and oxygen atoms in total. The van der Waals surface area contributed by atoms with Crippen LogP contribution in [0.2, 0.25) is 0 Å². The molecule has 0 spiro atoms. The number of aromatic amines is 1. The van der Waals surface area contributed by atoms with Crippen LogP contribution in [-0.4, -0.2) is 28.3 Å². The third-order valence-electron chi connectivity index (χ3n) is 4.36. The quantitative estimate of drug-likeness (QED) is 0.780. The lowest BCUT2D eigenvalue weighted by molar-refractivity contribution is 0.270. The van der Waals surface area contributed by atoms with Crippen molar-refractivity contribution in [2.24, 2.45) is 5.73 Å². The molecule has 3 heterocycles. The minimum Gasteiger partial charge on any atom is -0.362 e. The first-order valence-electron chi connectivity index (χ1n) is 6.72. The van der Waals surface area contributed by atoms with Gasteiger partial charge in [0, 0.05) is 18.1 Å². The van der Waals surface area contributed by atoms with Crippen LogP contribution in [0.15, 0.2) is 0 Å². The first-order valence-corrected chi connectivity index (χ1v) is 6.72. The zero-order chi connectivity index (χ0) is 12.0. The largest absolute Gasteiger partial charge is 0.362 e. The van der Waals surface area contributed by atoms with Gasteiger partial charge in [0.15, 0.2) is 0 Å². The Morgan fingerprint density at radius 3 is 2.41 bits per heavy atom. The number of anilines is 1. The summed E-state index contributed by atoms with van der Waals surface area (Å²) in [6.07, 6.45) is 6.21. The van der Waals surface area contributed by atoms with E-state index < -0.39 is 0 Å². The van der Waals surface area contributed by atoms with E-state index in [1.807, 2.05) is 0 Å². The molecule has 3 rings (SSSR count). The van der Waals surface area contributed by atoms with Gasteiger partial charge in [-0.05, 0) is 46.0 Å². The summed E-state index contributed by atoms with van der Waals surface area (Å²) in [7, 11) is 0. The van der Waals surface area contributed by atoms with Crippen LogP contribution in [0.1, 0.15) is 43.5 Å². The van der Waals surface area contributed by atoms with Crippen molar-refractivity contribution in [3.63, 3.8) is 0 Å². The van der Waals surface area contributed by atoms with Gasteiger partial charge in [-0.25, -0.2) is 0 Å². The highest BCUT2D eigenvalue weighted by atomic mass is 15.3. The van der Waals surface area contributed by atoms with Gasteiger partial charge in [-0.1, -0.05) is 0 Å². The number of piperidine rings is 2. The molecule has 2 aliphatic heterocycles. The van der Waals surface area contributed by atoms with E-state index in [-0.39, 0.29) is 0 Å². The number of rotatable bonds is 1. The Morgan fingerprint density at radius 2 is 1.88 bits per heavy atom. The zero-order valence-corrected chi connectivity index (χ0v) is 10.7. The molecule has 0 aromatic carbocycles. The first kappa shape index (κ1) is 11.1. The predicted octanol–water partition coefficient (Wildman–Crippen LogP) is 1.88. The Morgan fingerprint density at radius 1 is 1.24 bits per heavy atom. The number of hydrogen-bond donors (Lipinski definition) is 2. The molecule has 0 radical (unpaired) electrons. The average Bonchev–Trinajstić information content (AvgIpc) is 2.58. The maximum Gasteiger partial charge on any atom is 0.0827 e. The van der Waals surface area contributed by atoms with Gasteiger partial charge in [0.1, 0.15) is 0 Å². The standard InChI is InChI=1S/C13H22N4/c1-8-13(9(2)16-15-8)17-11-4-3-5-12(17)7-10(14)6-11/h10-12H,3-7,14H2,1-2H3,(H,15,16). The summed E-state index contributed by atoms with van der Waals surface area (Å²) in [4.78, 5) is 2.61. The fraction of sp³-hybridized carbons (Fsp3) is 0.769. The lowest BCUT2D eigenvalue weighted by Crippen LogP contribution is -2.55. The van der Waals surface area contributed by atoms with Gasteiger partial charge >= 0.3 is 0 Å². The number of fused-ring (bicyclic) bond motifs is 2. The van der Waals surface area contributed by atoms with Crippen molar-refractivity contribution in [1.82, 2.24) is 10.2 Å². The molecular formula is C13H22N4. The molecule has 1 aromatic heterocycles. The molecular weight excluding hydrogens is 212 g/mol. The normalized spacial score (nSPS) is 32.9. The molecule has 2 unspecified atom stereocenters. The second kappa shape index (κ2) is 4.02. The predicted molar refractivity (Wildman–Crippen MR) is 69.2 cm³/mol. The second-order valence-corrected chi connectivity index (χ2v) is 5.66.